The summed E-state index contributed by atoms with van der Waals surface area (Å²) in [5.41, 5.74) is 3.83. The SMILES string of the molecule is Cc1cc(-n2ncc(C#N)c2NC(=O)c2cnn(-c3ccc4ccccc4n3)c2C)nc2ccccc12. The normalized spacial score (nSPS) is 11.1. The number of hydrogen-bond acceptors (Lipinski definition) is 6. The first kappa shape index (κ1) is 22.1. The van der Waals surface area contributed by atoms with E-state index in [9.17, 15) is 10.1 Å². The van der Waals surface area contributed by atoms with Crippen LogP contribution in [0.3, 0.4) is 0 Å². The maximum atomic E-state index is 13.4. The van der Waals surface area contributed by atoms with Crippen LogP contribution in [0.2, 0.25) is 0 Å². The Labute approximate surface area is 211 Å². The van der Waals surface area contributed by atoms with Gasteiger partial charge in [-0.05, 0) is 49.7 Å². The molecule has 6 aromatic rings. The molecule has 0 saturated heterocycles. The van der Waals surface area contributed by atoms with Gasteiger partial charge in [-0.3, -0.25) is 4.79 Å². The predicted octanol–water partition coefficient (Wildman–Crippen LogP) is 4.90. The van der Waals surface area contributed by atoms with Gasteiger partial charge in [0.1, 0.15) is 11.6 Å². The van der Waals surface area contributed by atoms with Gasteiger partial charge in [0.25, 0.3) is 5.91 Å². The number of rotatable bonds is 4. The number of benzene rings is 2. The fraction of sp³-hybridized carbons (Fsp3) is 0.0714. The molecule has 0 aliphatic rings. The van der Waals surface area contributed by atoms with Gasteiger partial charge < -0.3 is 5.32 Å². The number of anilines is 1. The van der Waals surface area contributed by atoms with Crippen molar-refractivity contribution < 1.29 is 4.79 Å². The fourth-order valence-electron chi connectivity index (χ4n) is 4.38. The van der Waals surface area contributed by atoms with Gasteiger partial charge >= 0.3 is 0 Å². The monoisotopic (exact) mass is 484 g/mol. The van der Waals surface area contributed by atoms with Crippen LogP contribution >= 0.6 is 0 Å². The second-order valence-electron chi connectivity index (χ2n) is 8.62. The van der Waals surface area contributed by atoms with Crippen molar-refractivity contribution in [3.05, 3.63) is 102 Å². The number of hydrogen-bond donors (Lipinski definition) is 1. The van der Waals surface area contributed by atoms with E-state index in [1.807, 2.05) is 73.7 Å². The molecule has 9 heteroatoms. The lowest BCUT2D eigenvalue weighted by molar-refractivity contribution is 0.102. The molecule has 0 radical (unpaired) electrons. The Kier molecular flexibility index (Phi) is 5.20. The number of fused-ring (bicyclic) bond motifs is 2. The molecule has 0 aliphatic carbocycles. The molecule has 0 bridgehead atoms. The van der Waals surface area contributed by atoms with E-state index in [1.54, 1.807) is 11.6 Å². The molecule has 0 fully saturated rings. The van der Waals surface area contributed by atoms with Crippen LogP contribution in [0.25, 0.3) is 33.4 Å². The molecule has 6 rings (SSSR count). The number of aromatic nitrogens is 6. The van der Waals surface area contributed by atoms with Crippen LogP contribution in [0.5, 0.6) is 0 Å². The Morgan fingerprint density at radius 2 is 1.59 bits per heavy atom. The molecule has 37 heavy (non-hydrogen) atoms. The Balaban J connectivity index is 1.36. The van der Waals surface area contributed by atoms with Crippen LogP contribution in [0.4, 0.5) is 5.82 Å². The predicted molar refractivity (Wildman–Crippen MR) is 140 cm³/mol. The van der Waals surface area contributed by atoms with Crippen molar-refractivity contribution >= 4 is 33.5 Å². The summed E-state index contributed by atoms with van der Waals surface area (Å²) in [7, 11) is 0. The minimum atomic E-state index is -0.416. The number of amides is 1. The lowest BCUT2D eigenvalue weighted by Crippen LogP contribution is -2.17. The minimum absolute atomic E-state index is 0.224. The first-order valence-corrected chi connectivity index (χ1v) is 11.6. The van der Waals surface area contributed by atoms with Gasteiger partial charge in [-0.25, -0.2) is 14.6 Å². The number of nitrogens with one attached hydrogen (secondary N) is 1. The van der Waals surface area contributed by atoms with Crippen molar-refractivity contribution in [3.63, 3.8) is 0 Å². The van der Waals surface area contributed by atoms with Gasteiger partial charge in [-0.2, -0.15) is 20.1 Å². The van der Waals surface area contributed by atoms with Crippen molar-refractivity contribution in [2.75, 3.05) is 5.32 Å². The molecule has 4 aromatic heterocycles. The van der Waals surface area contributed by atoms with E-state index < -0.39 is 5.91 Å². The zero-order valence-corrected chi connectivity index (χ0v) is 20.0. The van der Waals surface area contributed by atoms with E-state index in [2.05, 4.69) is 26.6 Å². The molecule has 0 saturated carbocycles. The van der Waals surface area contributed by atoms with Gasteiger partial charge in [-0.1, -0.05) is 36.4 Å². The van der Waals surface area contributed by atoms with Crippen LogP contribution in [0.15, 0.2) is 79.1 Å². The molecule has 4 heterocycles. The number of nitriles is 1. The van der Waals surface area contributed by atoms with Crippen LogP contribution in [0, 0.1) is 25.2 Å². The molecule has 0 aliphatic heterocycles. The zero-order valence-electron chi connectivity index (χ0n) is 20.0. The topological polar surface area (TPSA) is 114 Å². The van der Waals surface area contributed by atoms with Gasteiger partial charge in [0.05, 0.1) is 34.7 Å². The maximum absolute atomic E-state index is 13.4. The lowest BCUT2D eigenvalue weighted by atomic mass is 10.1. The van der Waals surface area contributed by atoms with E-state index in [0.717, 1.165) is 27.4 Å². The molecule has 2 aromatic carbocycles. The van der Waals surface area contributed by atoms with E-state index >= 15 is 0 Å². The summed E-state index contributed by atoms with van der Waals surface area (Å²) in [6, 6.07) is 23.4. The molecule has 1 N–H and O–H groups in total. The number of pyridine rings is 2. The Morgan fingerprint density at radius 3 is 2.43 bits per heavy atom. The average Bonchev–Trinajstić information content (AvgIpc) is 3.51. The quantitative estimate of drug-likeness (QED) is 0.381. The van der Waals surface area contributed by atoms with E-state index in [0.29, 0.717) is 22.9 Å². The number of para-hydroxylation sites is 2. The van der Waals surface area contributed by atoms with Crippen molar-refractivity contribution in [1.29, 1.82) is 5.26 Å². The number of nitrogens with zero attached hydrogens (tertiary/aromatic N) is 7. The standard InChI is InChI=1S/C28H20N8O/c1-17-13-26(33-24-10-6-4-8-21(17)24)36-27(20(14-29)15-30-36)34-28(37)22-16-31-35(18(22)2)25-12-11-19-7-3-5-9-23(19)32-25/h3-13,15-16H,1-2H3,(H,34,37). The van der Waals surface area contributed by atoms with Gasteiger partial charge in [0, 0.05) is 10.8 Å². The first-order valence-electron chi connectivity index (χ1n) is 11.6. The highest BCUT2D eigenvalue weighted by atomic mass is 16.1. The number of aryl methyl sites for hydroxylation is 1. The third-order valence-electron chi connectivity index (χ3n) is 6.30. The summed E-state index contributed by atoms with van der Waals surface area (Å²) in [4.78, 5) is 22.7. The Morgan fingerprint density at radius 1 is 0.865 bits per heavy atom. The third kappa shape index (κ3) is 3.77. The second kappa shape index (κ2) is 8.70. The molecule has 0 unspecified atom stereocenters. The zero-order chi connectivity index (χ0) is 25.5. The number of carbonyl (C=O) groups is 1. The molecule has 9 nitrogen and oxygen atoms in total. The third-order valence-corrected chi connectivity index (χ3v) is 6.30. The molecule has 0 atom stereocenters. The Hall–Kier alpha value is -5.36. The molecular formula is C28H20N8O. The fourth-order valence-corrected chi connectivity index (χ4v) is 4.38. The van der Waals surface area contributed by atoms with Crippen LogP contribution in [-0.4, -0.2) is 35.4 Å². The van der Waals surface area contributed by atoms with Gasteiger partial charge in [-0.15, -0.1) is 0 Å². The van der Waals surface area contributed by atoms with Crippen LogP contribution in [0.1, 0.15) is 27.2 Å². The average molecular weight is 485 g/mol. The molecule has 178 valence electrons. The van der Waals surface area contributed by atoms with Crippen LogP contribution in [-0.2, 0) is 0 Å². The maximum Gasteiger partial charge on any atom is 0.260 e. The van der Waals surface area contributed by atoms with Crippen molar-refractivity contribution in [1.82, 2.24) is 29.5 Å². The molecule has 0 spiro atoms. The van der Waals surface area contributed by atoms with Gasteiger partial charge in [0.15, 0.2) is 17.5 Å². The van der Waals surface area contributed by atoms with E-state index in [1.165, 1.54) is 17.1 Å². The largest absolute Gasteiger partial charge is 0.305 e. The number of carbonyl (C=O) groups excluding carboxylic acids is 1. The molecular weight excluding hydrogens is 464 g/mol. The Bertz CT molecular complexity index is 1880. The lowest BCUT2D eigenvalue weighted by Gasteiger charge is -2.11. The highest BCUT2D eigenvalue weighted by Gasteiger charge is 2.21. The first-order chi connectivity index (χ1) is 18.0. The smallest absolute Gasteiger partial charge is 0.260 e. The van der Waals surface area contributed by atoms with Crippen molar-refractivity contribution in [3.8, 4) is 17.7 Å². The van der Waals surface area contributed by atoms with E-state index in [-0.39, 0.29) is 11.4 Å². The summed E-state index contributed by atoms with van der Waals surface area (Å²) in [6.07, 6.45) is 2.91. The highest BCUT2D eigenvalue weighted by Crippen LogP contribution is 2.25. The summed E-state index contributed by atoms with van der Waals surface area (Å²) in [5, 5.41) is 23.3. The highest BCUT2D eigenvalue weighted by molar-refractivity contribution is 6.05. The molecule has 1 amide bonds. The summed E-state index contributed by atoms with van der Waals surface area (Å²) < 4.78 is 3.10. The van der Waals surface area contributed by atoms with Crippen LogP contribution < -0.4 is 5.32 Å². The van der Waals surface area contributed by atoms with Crippen molar-refractivity contribution in [2.24, 2.45) is 0 Å². The summed E-state index contributed by atoms with van der Waals surface area (Å²) in [6.45, 7) is 3.79. The van der Waals surface area contributed by atoms with Gasteiger partial charge in [0.2, 0.25) is 0 Å². The summed E-state index contributed by atoms with van der Waals surface area (Å²) in [5.74, 6) is 0.931. The van der Waals surface area contributed by atoms with Crippen molar-refractivity contribution in [2.45, 2.75) is 13.8 Å². The minimum Gasteiger partial charge on any atom is -0.305 e. The van der Waals surface area contributed by atoms with E-state index in [4.69, 9.17) is 4.98 Å². The second-order valence-corrected chi connectivity index (χ2v) is 8.62. The summed E-state index contributed by atoms with van der Waals surface area (Å²) >= 11 is 0.